The summed E-state index contributed by atoms with van der Waals surface area (Å²) in [6.45, 7) is -1.44. The Hall–Kier alpha value is -0.730. The summed E-state index contributed by atoms with van der Waals surface area (Å²) in [6, 6.07) is 1.58. The number of amides is 1. The zero-order valence-corrected chi connectivity index (χ0v) is 10.3. The second-order valence-electron chi connectivity index (χ2n) is 3.09. The minimum absolute atomic E-state index is 0.0364. The van der Waals surface area contributed by atoms with Crippen LogP contribution in [0.3, 0.4) is 0 Å². The summed E-state index contributed by atoms with van der Waals surface area (Å²) in [6.07, 6.45) is -4.33. The maximum Gasteiger partial charge on any atom is 0.411 e. The largest absolute Gasteiger partial charge is 0.411 e. The molecule has 1 amide bonds. The summed E-state index contributed by atoms with van der Waals surface area (Å²) < 4.78 is 39.4. The first-order valence-electron chi connectivity index (χ1n) is 4.58. The molecule has 0 radical (unpaired) electrons. The molecule has 0 bridgehead atoms. The van der Waals surface area contributed by atoms with Gasteiger partial charge in [-0.1, -0.05) is 0 Å². The number of halogens is 3. The fourth-order valence-electron chi connectivity index (χ4n) is 0.957. The fourth-order valence-corrected chi connectivity index (χ4v) is 2.02. The number of ether oxygens (including phenoxy) is 1. The van der Waals surface area contributed by atoms with E-state index in [9.17, 15) is 18.0 Å². The van der Waals surface area contributed by atoms with Crippen molar-refractivity contribution < 1.29 is 22.7 Å². The highest BCUT2D eigenvalue weighted by molar-refractivity contribution is 7.80. The lowest BCUT2D eigenvalue weighted by atomic mass is 10.4. The number of hydrogen-bond acceptors (Lipinski definition) is 4. The van der Waals surface area contributed by atoms with Gasteiger partial charge < -0.3 is 10.1 Å². The fraction of sp³-hybridized carbons (Fsp3) is 0.444. The maximum absolute atomic E-state index is 11.7. The van der Waals surface area contributed by atoms with E-state index in [1.807, 2.05) is 0 Å². The number of hydrogen-bond donors (Lipinski definition) is 2. The number of carbonyl (C=O) groups is 1. The molecule has 3 nitrogen and oxygen atoms in total. The first-order valence-corrected chi connectivity index (χ1v) is 5.91. The lowest BCUT2D eigenvalue weighted by Gasteiger charge is -2.07. The van der Waals surface area contributed by atoms with Crippen LogP contribution in [0.5, 0.6) is 0 Å². The van der Waals surface area contributed by atoms with E-state index in [1.54, 1.807) is 11.4 Å². The zero-order valence-electron chi connectivity index (χ0n) is 8.58. The van der Waals surface area contributed by atoms with Gasteiger partial charge >= 0.3 is 6.18 Å². The van der Waals surface area contributed by atoms with Crippen LogP contribution >= 0.6 is 24.0 Å². The van der Waals surface area contributed by atoms with Crippen molar-refractivity contribution in [1.82, 2.24) is 5.32 Å². The Morgan fingerprint density at radius 2 is 2.24 bits per heavy atom. The number of alkyl halides is 3. The average molecular weight is 285 g/mol. The van der Waals surface area contributed by atoms with Crippen molar-refractivity contribution in [2.45, 2.75) is 11.1 Å². The van der Waals surface area contributed by atoms with Gasteiger partial charge in [0.1, 0.15) is 6.61 Å². The number of thiol groups is 1. The quantitative estimate of drug-likeness (QED) is 0.644. The van der Waals surface area contributed by atoms with Crippen LogP contribution in [-0.4, -0.2) is 31.8 Å². The molecule has 0 aliphatic rings. The molecule has 0 atom stereocenters. The van der Waals surface area contributed by atoms with Gasteiger partial charge in [0.05, 0.1) is 11.5 Å². The summed E-state index contributed by atoms with van der Waals surface area (Å²) in [4.78, 5) is 12.5. The van der Waals surface area contributed by atoms with Gasteiger partial charge in [-0.05, 0) is 6.07 Å². The van der Waals surface area contributed by atoms with E-state index in [1.165, 1.54) is 11.3 Å². The Kier molecular flexibility index (Phi) is 5.29. The molecule has 0 aliphatic heterocycles. The molecule has 0 saturated heterocycles. The average Bonchev–Trinajstić information content (AvgIpc) is 2.62. The molecule has 1 heterocycles. The predicted molar refractivity (Wildman–Crippen MR) is 60.8 cm³/mol. The monoisotopic (exact) mass is 285 g/mol. The first kappa shape index (κ1) is 14.3. The van der Waals surface area contributed by atoms with E-state index >= 15 is 0 Å². The molecule has 0 saturated carbocycles. The maximum atomic E-state index is 11.7. The smallest absolute Gasteiger partial charge is 0.370 e. The zero-order chi connectivity index (χ0) is 12.9. The summed E-state index contributed by atoms with van der Waals surface area (Å²) >= 11 is 5.25. The Balaban J connectivity index is 2.17. The SMILES string of the molecule is O=C(NCCOCC(F)(F)F)c1cc(S)cs1. The summed E-state index contributed by atoms with van der Waals surface area (Å²) in [5, 5.41) is 4.14. The van der Waals surface area contributed by atoms with Crippen LogP contribution in [0, 0.1) is 0 Å². The molecule has 17 heavy (non-hydrogen) atoms. The number of nitrogens with one attached hydrogen (secondary N) is 1. The lowest BCUT2D eigenvalue weighted by Crippen LogP contribution is -2.28. The Labute approximate surface area is 105 Å². The Bertz CT molecular complexity index is 379. The number of rotatable bonds is 5. The molecule has 0 spiro atoms. The van der Waals surface area contributed by atoms with Crippen molar-refractivity contribution in [2.75, 3.05) is 19.8 Å². The third-order valence-corrected chi connectivity index (χ3v) is 2.97. The van der Waals surface area contributed by atoms with Gasteiger partial charge in [-0.3, -0.25) is 4.79 Å². The van der Waals surface area contributed by atoms with Crippen molar-refractivity contribution in [1.29, 1.82) is 0 Å². The summed E-state index contributed by atoms with van der Waals surface area (Å²) in [7, 11) is 0. The van der Waals surface area contributed by atoms with Crippen molar-refractivity contribution in [2.24, 2.45) is 0 Å². The van der Waals surface area contributed by atoms with Gasteiger partial charge in [-0.15, -0.1) is 24.0 Å². The summed E-state index contributed by atoms with van der Waals surface area (Å²) in [5.41, 5.74) is 0. The second kappa shape index (κ2) is 6.27. The lowest BCUT2D eigenvalue weighted by molar-refractivity contribution is -0.173. The van der Waals surface area contributed by atoms with Crippen molar-refractivity contribution in [3.63, 3.8) is 0 Å². The highest BCUT2D eigenvalue weighted by Gasteiger charge is 2.27. The minimum Gasteiger partial charge on any atom is -0.370 e. The minimum atomic E-state index is -4.33. The van der Waals surface area contributed by atoms with Gasteiger partial charge in [0.15, 0.2) is 0 Å². The van der Waals surface area contributed by atoms with Gasteiger partial charge in [0.25, 0.3) is 5.91 Å². The molecule has 0 aliphatic carbocycles. The van der Waals surface area contributed by atoms with E-state index in [2.05, 4.69) is 22.7 Å². The van der Waals surface area contributed by atoms with Gasteiger partial charge in [0, 0.05) is 16.8 Å². The van der Waals surface area contributed by atoms with Crippen molar-refractivity contribution >= 4 is 29.9 Å². The van der Waals surface area contributed by atoms with E-state index in [4.69, 9.17) is 0 Å². The van der Waals surface area contributed by atoms with Crippen LogP contribution in [0.15, 0.2) is 16.3 Å². The summed E-state index contributed by atoms with van der Waals surface area (Å²) in [5.74, 6) is -0.342. The highest BCUT2D eigenvalue weighted by Crippen LogP contribution is 2.17. The molecular formula is C9H10F3NO2S2. The Morgan fingerprint density at radius 1 is 1.53 bits per heavy atom. The van der Waals surface area contributed by atoms with Crippen LogP contribution in [0.2, 0.25) is 0 Å². The van der Waals surface area contributed by atoms with Gasteiger partial charge in [-0.2, -0.15) is 13.2 Å². The third-order valence-electron chi connectivity index (χ3n) is 1.61. The highest BCUT2D eigenvalue weighted by atomic mass is 32.1. The van der Waals surface area contributed by atoms with E-state index in [0.717, 1.165) is 0 Å². The van der Waals surface area contributed by atoms with Gasteiger partial charge in [-0.25, -0.2) is 0 Å². The van der Waals surface area contributed by atoms with Crippen LogP contribution in [0.25, 0.3) is 0 Å². The van der Waals surface area contributed by atoms with E-state index in [-0.39, 0.29) is 19.1 Å². The standard InChI is InChI=1S/C9H10F3NO2S2/c10-9(11,12)5-15-2-1-13-8(14)7-3-6(16)4-17-7/h3-4,16H,1-2,5H2,(H,13,14). The molecule has 1 N–H and O–H groups in total. The Morgan fingerprint density at radius 3 is 2.76 bits per heavy atom. The molecule has 1 rings (SSSR count). The topological polar surface area (TPSA) is 38.3 Å². The van der Waals surface area contributed by atoms with E-state index < -0.39 is 12.8 Å². The van der Waals surface area contributed by atoms with Crippen LogP contribution in [0.4, 0.5) is 13.2 Å². The molecule has 1 aromatic rings. The first-order chi connectivity index (χ1) is 7.88. The molecule has 0 aromatic carbocycles. The van der Waals surface area contributed by atoms with Crippen LogP contribution in [-0.2, 0) is 4.74 Å². The number of carbonyl (C=O) groups excluding carboxylic acids is 1. The molecule has 8 heteroatoms. The molecular weight excluding hydrogens is 275 g/mol. The third kappa shape index (κ3) is 5.94. The molecule has 96 valence electrons. The van der Waals surface area contributed by atoms with Gasteiger partial charge in [0.2, 0.25) is 0 Å². The van der Waals surface area contributed by atoms with E-state index in [0.29, 0.717) is 9.77 Å². The predicted octanol–water partition coefficient (Wildman–Crippen LogP) is 2.35. The normalized spacial score (nSPS) is 11.5. The molecule has 0 unspecified atom stereocenters. The van der Waals surface area contributed by atoms with Crippen molar-refractivity contribution in [3.05, 3.63) is 16.3 Å². The second-order valence-corrected chi connectivity index (χ2v) is 4.52. The molecule has 0 fully saturated rings. The number of thiophene rings is 1. The molecule has 1 aromatic heterocycles. The van der Waals surface area contributed by atoms with Crippen LogP contribution < -0.4 is 5.32 Å². The van der Waals surface area contributed by atoms with Crippen molar-refractivity contribution in [3.8, 4) is 0 Å². The van der Waals surface area contributed by atoms with Crippen LogP contribution in [0.1, 0.15) is 9.67 Å².